The minimum Gasteiger partial charge on any atom is -0.383 e. The van der Waals surface area contributed by atoms with Crippen LogP contribution in [-0.2, 0) is 4.74 Å². The summed E-state index contributed by atoms with van der Waals surface area (Å²) in [6.07, 6.45) is 1.65. The molecule has 84 valence electrons. The second-order valence-corrected chi connectivity index (χ2v) is 4.08. The molecule has 0 amide bonds. The molecule has 0 aliphatic heterocycles. The summed E-state index contributed by atoms with van der Waals surface area (Å²) in [6, 6.07) is 0. The molecule has 4 nitrogen and oxygen atoms in total. The van der Waals surface area contributed by atoms with Crippen molar-refractivity contribution in [2.24, 2.45) is 0 Å². The number of anilines is 1. The topological polar surface area (TPSA) is 38.2 Å². The van der Waals surface area contributed by atoms with E-state index in [1.54, 1.807) is 13.3 Å². The van der Waals surface area contributed by atoms with Crippen LogP contribution in [0.15, 0.2) is 10.7 Å². The summed E-state index contributed by atoms with van der Waals surface area (Å²) >= 11 is 9.15. The number of ether oxygens (including phenoxy) is 1. The van der Waals surface area contributed by atoms with Crippen molar-refractivity contribution in [2.45, 2.75) is 6.92 Å². The second-order valence-electron chi connectivity index (χ2n) is 2.88. The SMILES string of the molecule is CCN(CCOC)c1nc(Cl)ncc1Br. The summed E-state index contributed by atoms with van der Waals surface area (Å²) in [5.74, 6) is 0.801. The lowest BCUT2D eigenvalue weighted by atomic mass is 10.4. The van der Waals surface area contributed by atoms with Gasteiger partial charge in [0, 0.05) is 26.4 Å². The maximum Gasteiger partial charge on any atom is 0.224 e. The van der Waals surface area contributed by atoms with E-state index in [4.69, 9.17) is 16.3 Å². The standard InChI is InChI=1S/C9H13BrClN3O/c1-3-14(4-5-15-2)8-7(10)6-12-9(11)13-8/h6H,3-5H2,1-2H3. The van der Waals surface area contributed by atoms with Crippen molar-refractivity contribution in [3.8, 4) is 0 Å². The van der Waals surface area contributed by atoms with Crippen LogP contribution < -0.4 is 4.90 Å². The monoisotopic (exact) mass is 293 g/mol. The molecule has 0 radical (unpaired) electrons. The van der Waals surface area contributed by atoms with Crippen molar-refractivity contribution in [2.75, 3.05) is 31.7 Å². The van der Waals surface area contributed by atoms with Crippen LogP contribution in [0.4, 0.5) is 5.82 Å². The molecule has 0 N–H and O–H groups in total. The van der Waals surface area contributed by atoms with Crippen molar-refractivity contribution < 1.29 is 4.74 Å². The van der Waals surface area contributed by atoms with Crippen LogP contribution in [0.1, 0.15) is 6.92 Å². The molecule has 0 atom stereocenters. The summed E-state index contributed by atoms with van der Waals surface area (Å²) in [7, 11) is 1.68. The fourth-order valence-corrected chi connectivity index (χ4v) is 1.75. The lowest BCUT2D eigenvalue weighted by Crippen LogP contribution is -2.28. The van der Waals surface area contributed by atoms with Gasteiger partial charge >= 0.3 is 0 Å². The summed E-state index contributed by atoms with van der Waals surface area (Å²) < 4.78 is 5.87. The minimum atomic E-state index is 0.254. The third-order valence-corrected chi connectivity index (χ3v) is 2.68. The molecule has 0 spiro atoms. The fourth-order valence-electron chi connectivity index (χ4n) is 1.17. The Bertz CT molecular complexity index is 324. The van der Waals surface area contributed by atoms with Gasteiger partial charge in [0.1, 0.15) is 5.82 Å². The van der Waals surface area contributed by atoms with Gasteiger partial charge in [-0.05, 0) is 34.5 Å². The van der Waals surface area contributed by atoms with Crippen molar-refractivity contribution in [1.82, 2.24) is 9.97 Å². The Hall–Kier alpha value is -0.390. The molecular formula is C9H13BrClN3O. The normalized spacial score (nSPS) is 10.4. The number of rotatable bonds is 5. The van der Waals surface area contributed by atoms with E-state index in [1.165, 1.54) is 0 Å². The molecule has 0 aromatic carbocycles. The van der Waals surface area contributed by atoms with Crippen LogP contribution in [-0.4, -0.2) is 36.8 Å². The van der Waals surface area contributed by atoms with Crippen LogP contribution in [0.3, 0.4) is 0 Å². The van der Waals surface area contributed by atoms with Crippen LogP contribution in [0.2, 0.25) is 5.28 Å². The van der Waals surface area contributed by atoms with Gasteiger partial charge in [0.2, 0.25) is 5.28 Å². The Labute approximate surface area is 103 Å². The molecule has 0 saturated heterocycles. The number of hydrogen-bond donors (Lipinski definition) is 0. The molecule has 1 rings (SSSR count). The van der Waals surface area contributed by atoms with Gasteiger partial charge in [-0.1, -0.05) is 0 Å². The highest BCUT2D eigenvalue weighted by molar-refractivity contribution is 9.10. The maximum absolute atomic E-state index is 5.75. The van der Waals surface area contributed by atoms with E-state index in [2.05, 4.69) is 37.7 Å². The maximum atomic E-state index is 5.75. The van der Waals surface area contributed by atoms with E-state index < -0.39 is 0 Å². The van der Waals surface area contributed by atoms with Crippen LogP contribution in [0, 0.1) is 0 Å². The van der Waals surface area contributed by atoms with Crippen LogP contribution in [0.5, 0.6) is 0 Å². The van der Waals surface area contributed by atoms with Gasteiger partial charge in [-0.2, -0.15) is 4.98 Å². The van der Waals surface area contributed by atoms with Crippen molar-refractivity contribution in [1.29, 1.82) is 0 Å². The van der Waals surface area contributed by atoms with Gasteiger partial charge < -0.3 is 9.64 Å². The molecule has 0 unspecified atom stereocenters. The predicted molar refractivity (Wildman–Crippen MR) is 64.5 cm³/mol. The number of likely N-dealkylation sites (N-methyl/N-ethyl adjacent to an activating group) is 1. The number of hydrogen-bond acceptors (Lipinski definition) is 4. The fraction of sp³-hybridized carbons (Fsp3) is 0.556. The number of methoxy groups -OCH3 is 1. The lowest BCUT2D eigenvalue weighted by Gasteiger charge is -2.22. The van der Waals surface area contributed by atoms with Gasteiger partial charge in [0.25, 0.3) is 0 Å². The molecule has 0 bridgehead atoms. The molecule has 1 aromatic heterocycles. The number of aromatic nitrogens is 2. The van der Waals surface area contributed by atoms with Crippen LogP contribution >= 0.6 is 27.5 Å². The third kappa shape index (κ3) is 3.59. The zero-order valence-corrected chi connectivity index (χ0v) is 11.0. The first kappa shape index (κ1) is 12.7. The van der Waals surface area contributed by atoms with E-state index in [0.717, 1.165) is 23.4 Å². The van der Waals surface area contributed by atoms with E-state index >= 15 is 0 Å². The molecular weight excluding hydrogens is 281 g/mol. The highest BCUT2D eigenvalue weighted by Crippen LogP contribution is 2.23. The molecule has 0 fully saturated rings. The van der Waals surface area contributed by atoms with Gasteiger partial charge in [0.05, 0.1) is 11.1 Å². The van der Waals surface area contributed by atoms with E-state index in [9.17, 15) is 0 Å². The Kier molecular flexibility index (Phi) is 5.28. The summed E-state index contributed by atoms with van der Waals surface area (Å²) in [5, 5.41) is 0.254. The average molecular weight is 295 g/mol. The van der Waals surface area contributed by atoms with Crippen molar-refractivity contribution >= 4 is 33.3 Å². The van der Waals surface area contributed by atoms with Gasteiger partial charge in [-0.3, -0.25) is 0 Å². The Balaban J connectivity index is 2.85. The first-order chi connectivity index (χ1) is 7.19. The largest absolute Gasteiger partial charge is 0.383 e. The molecule has 1 heterocycles. The zero-order valence-electron chi connectivity index (χ0n) is 8.70. The van der Waals surface area contributed by atoms with Gasteiger partial charge in [-0.15, -0.1) is 0 Å². The van der Waals surface area contributed by atoms with Crippen LogP contribution in [0.25, 0.3) is 0 Å². The predicted octanol–water partition coefficient (Wildman–Crippen LogP) is 2.37. The first-order valence-electron chi connectivity index (χ1n) is 4.61. The molecule has 6 heteroatoms. The number of halogens is 2. The minimum absolute atomic E-state index is 0.254. The zero-order chi connectivity index (χ0) is 11.3. The third-order valence-electron chi connectivity index (χ3n) is 1.94. The smallest absolute Gasteiger partial charge is 0.224 e. The summed E-state index contributed by atoms with van der Waals surface area (Å²) in [6.45, 7) is 4.33. The average Bonchev–Trinajstić information content (AvgIpc) is 2.24. The molecule has 0 saturated carbocycles. The highest BCUT2D eigenvalue weighted by Gasteiger charge is 2.10. The van der Waals surface area contributed by atoms with Gasteiger partial charge in [-0.25, -0.2) is 4.98 Å². The summed E-state index contributed by atoms with van der Waals surface area (Å²) in [5.41, 5.74) is 0. The van der Waals surface area contributed by atoms with Crippen molar-refractivity contribution in [3.05, 3.63) is 16.0 Å². The Morgan fingerprint density at radius 3 is 2.93 bits per heavy atom. The Morgan fingerprint density at radius 2 is 2.33 bits per heavy atom. The van der Waals surface area contributed by atoms with Gasteiger partial charge in [0.15, 0.2) is 0 Å². The van der Waals surface area contributed by atoms with E-state index in [1.807, 2.05) is 0 Å². The first-order valence-corrected chi connectivity index (χ1v) is 5.78. The van der Waals surface area contributed by atoms with Crippen molar-refractivity contribution in [3.63, 3.8) is 0 Å². The molecule has 15 heavy (non-hydrogen) atoms. The second kappa shape index (κ2) is 6.25. The Morgan fingerprint density at radius 1 is 1.60 bits per heavy atom. The molecule has 1 aromatic rings. The molecule has 0 aliphatic carbocycles. The quantitative estimate of drug-likeness (QED) is 0.782. The summed E-state index contributed by atoms with van der Waals surface area (Å²) in [4.78, 5) is 10.1. The van der Waals surface area contributed by atoms with E-state index in [-0.39, 0.29) is 5.28 Å². The van der Waals surface area contributed by atoms with E-state index in [0.29, 0.717) is 6.61 Å². The number of nitrogens with zero attached hydrogens (tertiary/aromatic N) is 3. The molecule has 0 aliphatic rings. The lowest BCUT2D eigenvalue weighted by molar-refractivity contribution is 0.205. The highest BCUT2D eigenvalue weighted by atomic mass is 79.9.